The number of halogens is 1. The molecule has 2 N–H and O–H groups in total. The van der Waals surface area contributed by atoms with E-state index in [1.165, 1.54) is 17.7 Å². The van der Waals surface area contributed by atoms with Gasteiger partial charge in [0.05, 0.1) is 18.9 Å². The molecule has 0 saturated heterocycles. The highest BCUT2D eigenvalue weighted by molar-refractivity contribution is 6.01. The number of allylic oxidation sites excluding steroid dienone is 5. The van der Waals surface area contributed by atoms with Crippen LogP contribution in [0.25, 0.3) is 0 Å². The van der Waals surface area contributed by atoms with Gasteiger partial charge in [0, 0.05) is 28.6 Å². The van der Waals surface area contributed by atoms with Crippen molar-refractivity contribution >= 4 is 29.3 Å². The van der Waals surface area contributed by atoms with Crippen LogP contribution in [0.5, 0.6) is 0 Å². The van der Waals surface area contributed by atoms with Gasteiger partial charge in [0.15, 0.2) is 23.8 Å². The molecule has 8 rings (SSSR count). The minimum absolute atomic E-state index is 0.0536. The molecule has 0 spiro atoms. The Morgan fingerprint density at radius 2 is 1.61 bits per heavy atom. The molecule has 15 atom stereocenters. The first-order valence-electron chi connectivity index (χ1n) is 21.4. The number of ketones is 3. The van der Waals surface area contributed by atoms with E-state index in [-0.39, 0.29) is 47.8 Å². The van der Waals surface area contributed by atoms with Crippen LogP contribution in [0.2, 0.25) is 0 Å². The molecule has 9 nitrogen and oxygen atoms in total. The highest BCUT2D eigenvalue weighted by Gasteiger charge is 2.75. The van der Waals surface area contributed by atoms with E-state index in [9.17, 15) is 34.2 Å². The van der Waals surface area contributed by atoms with Crippen molar-refractivity contribution in [3.05, 3.63) is 35.5 Å². The molecule has 8 aliphatic rings. The number of esters is 2. The van der Waals surface area contributed by atoms with Crippen LogP contribution in [0.4, 0.5) is 4.39 Å². The lowest BCUT2D eigenvalue weighted by Gasteiger charge is -2.62. The Kier molecular flexibility index (Phi) is 9.44. The first kappa shape index (κ1) is 39.8. The summed E-state index contributed by atoms with van der Waals surface area (Å²) in [7, 11) is 0. The Balaban J connectivity index is 0.870. The molecule has 6 saturated carbocycles. The largest absolute Gasteiger partial charge is 0.462 e. The van der Waals surface area contributed by atoms with Gasteiger partial charge in [-0.15, -0.1) is 0 Å². The molecule has 0 bridgehead atoms. The van der Waals surface area contributed by atoms with Gasteiger partial charge in [-0.3, -0.25) is 24.0 Å². The number of Topliss-reactive ketones (excluding diaryl/α,β-unsaturated/α-hetero) is 1. The van der Waals surface area contributed by atoms with Gasteiger partial charge in [-0.05, 0) is 130 Å². The third-order valence-electron chi connectivity index (χ3n) is 18.0. The van der Waals surface area contributed by atoms with Crippen LogP contribution in [0.3, 0.4) is 0 Å². The molecule has 15 unspecified atom stereocenters. The smallest absolute Gasteiger partial charge is 0.306 e. The van der Waals surface area contributed by atoms with Crippen molar-refractivity contribution in [2.24, 2.45) is 63.1 Å². The zero-order valence-electron chi connectivity index (χ0n) is 34.0. The summed E-state index contributed by atoms with van der Waals surface area (Å²) in [6.45, 7) is 11.5. The topological polar surface area (TPSA) is 144 Å². The summed E-state index contributed by atoms with van der Waals surface area (Å²) in [6.07, 6.45) is 11.4. The van der Waals surface area contributed by atoms with E-state index in [2.05, 4.69) is 20.8 Å². The van der Waals surface area contributed by atoms with Crippen LogP contribution in [0, 0.1) is 63.1 Å². The average molecular weight is 777 g/mol. The van der Waals surface area contributed by atoms with E-state index in [1.54, 1.807) is 26.8 Å². The lowest BCUT2D eigenvalue weighted by atomic mass is 9.44. The summed E-state index contributed by atoms with van der Waals surface area (Å²) in [4.78, 5) is 64.6. The highest BCUT2D eigenvalue weighted by Crippen LogP contribution is 2.71. The molecule has 0 radical (unpaired) electrons. The second-order valence-corrected chi connectivity index (χ2v) is 20.4. The maximum absolute atomic E-state index is 17.5. The predicted molar refractivity (Wildman–Crippen MR) is 204 cm³/mol. The molecule has 56 heavy (non-hydrogen) atoms. The normalized spacial score (nSPS) is 48.9. The van der Waals surface area contributed by atoms with E-state index in [0.717, 1.165) is 38.5 Å². The summed E-state index contributed by atoms with van der Waals surface area (Å²) in [6, 6.07) is 0. The first-order chi connectivity index (χ1) is 26.2. The molecule has 6 fully saturated rings. The molecule has 0 aromatic carbocycles. The van der Waals surface area contributed by atoms with Crippen molar-refractivity contribution in [2.75, 3.05) is 6.61 Å². The molecular formula is C46H61FO9. The van der Waals surface area contributed by atoms with Crippen LogP contribution in [-0.2, 0) is 33.4 Å². The first-order valence-corrected chi connectivity index (χ1v) is 21.4. The van der Waals surface area contributed by atoms with Crippen LogP contribution >= 0.6 is 0 Å². The lowest BCUT2D eigenvalue weighted by Crippen LogP contribution is -2.69. The summed E-state index contributed by atoms with van der Waals surface area (Å²) < 4.78 is 29.0. The summed E-state index contributed by atoms with van der Waals surface area (Å²) in [5.74, 6) is -1.65. The van der Waals surface area contributed by atoms with Gasteiger partial charge in [-0.2, -0.15) is 0 Å². The van der Waals surface area contributed by atoms with Crippen molar-refractivity contribution in [3.63, 3.8) is 0 Å². The maximum Gasteiger partial charge on any atom is 0.306 e. The number of carbonyl (C=O) groups is 5. The Labute approximate surface area is 330 Å². The maximum atomic E-state index is 17.5. The molecule has 0 amide bonds. The van der Waals surface area contributed by atoms with E-state index >= 15 is 4.39 Å². The number of hydrogen-bond acceptors (Lipinski definition) is 9. The number of alkyl halides is 1. The fourth-order valence-corrected chi connectivity index (χ4v) is 14.9. The van der Waals surface area contributed by atoms with Gasteiger partial charge in [-0.1, -0.05) is 51.8 Å². The number of rotatable bonds is 7. The molecule has 0 aromatic rings. The number of carbonyl (C=O) groups excluding carboxylic acids is 5. The Hall–Kier alpha value is -2.98. The molecule has 8 aliphatic carbocycles. The molecular weight excluding hydrogens is 715 g/mol. The number of aliphatic hydroxyl groups excluding tert-OH is 1. The quantitative estimate of drug-likeness (QED) is 0.264. The Morgan fingerprint density at radius 3 is 2.36 bits per heavy atom. The Morgan fingerprint density at radius 1 is 0.875 bits per heavy atom. The van der Waals surface area contributed by atoms with Crippen molar-refractivity contribution < 1.29 is 48.0 Å². The molecule has 0 heterocycles. The number of ether oxygens (including phenoxy) is 2. The third kappa shape index (κ3) is 5.38. The van der Waals surface area contributed by atoms with Crippen molar-refractivity contribution in [2.45, 2.75) is 148 Å². The van der Waals surface area contributed by atoms with Gasteiger partial charge < -0.3 is 19.7 Å². The van der Waals surface area contributed by atoms with E-state index in [4.69, 9.17) is 9.47 Å². The Bertz CT molecular complexity index is 1830. The summed E-state index contributed by atoms with van der Waals surface area (Å²) in [5, 5.41) is 23.9. The van der Waals surface area contributed by atoms with E-state index < -0.39 is 70.3 Å². The van der Waals surface area contributed by atoms with Crippen LogP contribution in [0.1, 0.15) is 125 Å². The van der Waals surface area contributed by atoms with E-state index in [1.807, 2.05) is 6.08 Å². The highest BCUT2D eigenvalue weighted by atomic mass is 19.1. The second-order valence-electron chi connectivity index (χ2n) is 20.4. The second kappa shape index (κ2) is 13.3. The average Bonchev–Trinajstić information content (AvgIpc) is 3.57. The zero-order valence-corrected chi connectivity index (χ0v) is 34.0. The zero-order chi connectivity index (χ0) is 40.4. The van der Waals surface area contributed by atoms with E-state index in [0.29, 0.717) is 54.9 Å². The van der Waals surface area contributed by atoms with Crippen molar-refractivity contribution in [3.8, 4) is 0 Å². The van der Waals surface area contributed by atoms with Gasteiger partial charge in [0.2, 0.25) is 5.78 Å². The van der Waals surface area contributed by atoms with Gasteiger partial charge >= 0.3 is 11.9 Å². The number of aliphatic hydroxyl groups is 2. The summed E-state index contributed by atoms with van der Waals surface area (Å²) >= 11 is 0. The van der Waals surface area contributed by atoms with Crippen LogP contribution < -0.4 is 0 Å². The molecule has 306 valence electrons. The minimum atomic E-state index is -2.09. The third-order valence-corrected chi connectivity index (χ3v) is 18.0. The van der Waals surface area contributed by atoms with Crippen LogP contribution in [0.15, 0.2) is 35.5 Å². The lowest BCUT2D eigenvalue weighted by molar-refractivity contribution is -0.220. The standard InChI is InChI=1S/C46H61FO9/c1-25-19-28-22-29(48)13-16-41(28,3)33-15-17-42(4)32(40(25)33)9-10-37(42)56-39(53)12-11-38(52)55-24-36(51)46(54)26(2)20-34-31-8-7-27-21-30(49)14-18-43(27,5)45(31,47)35(50)23-44(34,46)6/h14,18,21-22,25-26,31-35,37,40,50,54H,7-13,15-17,19-20,23-24H2,1-6H3. The van der Waals surface area contributed by atoms with Gasteiger partial charge in [-0.25, -0.2) is 4.39 Å². The number of hydrogen-bond donors (Lipinski definition) is 2. The van der Waals surface area contributed by atoms with Gasteiger partial charge in [0.1, 0.15) is 11.7 Å². The van der Waals surface area contributed by atoms with Crippen LogP contribution in [-0.4, -0.2) is 69.6 Å². The monoisotopic (exact) mass is 776 g/mol. The number of fused-ring (bicyclic) bond motifs is 10. The molecule has 10 heteroatoms. The van der Waals surface area contributed by atoms with Crippen molar-refractivity contribution in [1.82, 2.24) is 0 Å². The fourth-order valence-electron chi connectivity index (χ4n) is 14.9. The van der Waals surface area contributed by atoms with Gasteiger partial charge in [0.25, 0.3) is 0 Å². The predicted octanol–water partition coefficient (Wildman–Crippen LogP) is 6.92. The van der Waals surface area contributed by atoms with Crippen molar-refractivity contribution in [1.29, 1.82) is 0 Å². The fraction of sp³-hybridized carbons (Fsp3) is 0.761. The SMILES string of the molecule is CC1CC2=CC(=O)CCC2(C)C2CCC3(C)C(OC(=O)CCC(=O)OCC(=O)C4(O)C(C)CC5C6CCC7=CC(=O)C=CC7(C)C6(F)C(O)CC54C)CCC3C12. The summed E-state index contributed by atoms with van der Waals surface area (Å²) in [5.41, 5.74) is -4.53. The minimum Gasteiger partial charge on any atom is -0.462 e. The molecule has 0 aromatic heterocycles. The molecule has 0 aliphatic heterocycles.